The summed E-state index contributed by atoms with van der Waals surface area (Å²) in [6.07, 6.45) is -0.257. The smallest absolute Gasteiger partial charge is 0.0699 e. The van der Waals surface area contributed by atoms with E-state index in [-0.39, 0.29) is 22.3 Å². The molecule has 2 saturated heterocycles. The van der Waals surface area contributed by atoms with Crippen LogP contribution >= 0.6 is 0 Å². The van der Waals surface area contributed by atoms with Gasteiger partial charge in [0.1, 0.15) is 0 Å². The third-order valence-corrected chi connectivity index (χ3v) is 5.92. The van der Waals surface area contributed by atoms with Gasteiger partial charge in [0.15, 0.2) is 0 Å². The van der Waals surface area contributed by atoms with Crippen molar-refractivity contribution in [1.29, 1.82) is 0 Å². The molecule has 2 N–H and O–H groups in total. The zero-order chi connectivity index (χ0) is 16.9. The first-order chi connectivity index (χ1) is 10.7. The van der Waals surface area contributed by atoms with Gasteiger partial charge in [-0.05, 0) is 11.0 Å². The van der Waals surface area contributed by atoms with Gasteiger partial charge in [0.2, 0.25) is 0 Å². The van der Waals surface area contributed by atoms with E-state index < -0.39 is 0 Å². The maximum atomic E-state index is 11.2. The van der Waals surface area contributed by atoms with Crippen LogP contribution in [-0.2, 0) is 6.54 Å². The van der Waals surface area contributed by atoms with Crippen LogP contribution in [0.15, 0.2) is 30.3 Å². The van der Waals surface area contributed by atoms with Crippen LogP contribution in [0, 0.1) is 16.2 Å². The van der Waals surface area contributed by atoms with Crippen LogP contribution in [0.4, 0.5) is 0 Å². The monoisotopic (exact) mass is 316 g/mol. The van der Waals surface area contributed by atoms with Gasteiger partial charge in [-0.25, -0.2) is 0 Å². The predicted molar refractivity (Wildman–Crippen MR) is 95.2 cm³/mol. The highest BCUT2D eigenvalue weighted by atomic mass is 16.3. The number of nitrogens with one attached hydrogen (secondary N) is 1. The Kier molecular flexibility index (Phi) is 4.11. The van der Waals surface area contributed by atoms with E-state index in [4.69, 9.17) is 0 Å². The lowest BCUT2D eigenvalue weighted by atomic mass is 9.55. The molecule has 2 aliphatic heterocycles. The molecule has 3 rings (SSSR count). The lowest BCUT2D eigenvalue weighted by molar-refractivity contribution is -0.177. The fraction of sp³-hybridized carbons (Fsp3) is 0.700. The van der Waals surface area contributed by atoms with Gasteiger partial charge in [0.25, 0.3) is 0 Å². The molecule has 128 valence electrons. The Bertz CT molecular complexity index is 553. The summed E-state index contributed by atoms with van der Waals surface area (Å²) in [5.74, 6) is 0. The molecule has 2 fully saturated rings. The van der Waals surface area contributed by atoms with Crippen LogP contribution in [0.3, 0.4) is 0 Å². The second-order valence-corrected chi connectivity index (χ2v) is 9.37. The number of aliphatic hydroxyl groups excluding tert-OH is 1. The van der Waals surface area contributed by atoms with Crippen molar-refractivity contribution in [3.05, 3.63) is 35.9 Å². The second kappa shape index (κ2) is 5.58. The van der Waals surface area contributed by atoms with Crippen molar-refractivity contribution < 1.29 is 5.11 Å². The molecule has 0 spiro atoms. The van der Waals surface area contributed by atoms with Crippen LogP contribution in [0.5, 0.6) is 0 Å². The average Bonchev–Trinajstić information content (AvgIpc) is 2.43. The van der Waals surface area contributed by atoms with Crippen molar-refractivity contribution in [3.63, 3.8) is 0 Å². The Balaban J connectivity index is 1.88. The van der Waals surface area contributed by atoms with Gasteiger partial charge in [0, 0.05) is 43.1 Å². The van der Waals surface area contributed by atoms with E-state index in [2.05, 4.69) is 75.2 Å². The quantitative estimate of drug-likeness (QED) is 0.881. The van der Waals surface area contributed by atoms with E-state index in [0.717, 1.165) is 26.2 Å². The Morgan fingerprint density at radius 1 is 1.17 bits per heavy atom. The zero-order valence-corrected chi connectivity index (χ0v) is 15.3. The van der Waals surface area contributed by atoms with Crippen LogP contribution in [0.2, 0.25) is 0 Å². The minimum atomic E-state index is -0.257. The Hall–Kier alpha value is -0.900. The number of hydrogen-bond acceptors (Lipinski definition) is 3. The van der Waals surface area contributed by atoms with Gasteiger partial charge in [-0.3, -0.25) is 4.90 Å². The number of nitrogens with zero attached hydrogens (tertiary/aromatic N) is 1. The summed E-state index contributed by atoms with van der Waals surface area (Å²) in [6, 6.07) is 11.0. The lowest BCUT2D eigenvalue weighted by Crippen LogP contribution is -2.75. The Morgan fingerprint density at radius 3 is 2.43 bits per heavy atom. The maximum Gasteiger partial charge on any atom is 0.0699 e. The summed E-state index contributed by atoms with van der Waals surface area (Å²) in [6.45, 7) is 15.1. The summed E-state index contributed by atoms with van der Waals surface area (Å²) >= 11 is 0. The molecule has 3 heteroatoms. The van der Waals surface area contributed by atoms with Crippen molar-refractivity contribution in [2.75, 3.05) is 19.6 Å². The first-order valence-electron chi connectivity index (χ1n) is 8.83. The van der Waals surface area contributed by atoms with E-state index in [1.807, 2.05) is 0 Å². The molecule has 0 radical (unpaired) electrons. The average molecular weight is 316 g/mol. The summed E-state index contributed by atoms with van der Waals surface area (Å²) in [5.41, 5.74) is 1.28. The molecule has 1 aromatic rings. The van der Waals surface area contributed by atoms with Crippen LogP contribution in [0.25, 0.3) is 0 Å². The van der Waals surface area contributed by atoms with Crippen molar-refractivity contribution >= 4 is 0 Å². The van der Waals surface area contributed by atoms with E-state index in [9.17, 15) is 5.11 Å². The third-order valence-electron chi connectivity index (χ3n) is 5.92. The fourth-order valence-electron chi connectivity index (χ4n) is 5.24. The number of aliphatic hydroxyl groups is 1. The molecule has 4 unspecified atom stereocenters. The minimum absolute atomic E-state index is 0.0798. The molecule has 0 saturated carbocycles. The van der Waals surface area contributed by atoms with E-state index in [1.165, 1.54) is 5.56 Å². The van der Waals surface area contributed by atoms with Gasteiger partial charge < -0.3 is 10.4 Å². The predicted octanol–water partition coefficient (Wildman–Crippen LogP) is 2.89. The first kappa shape index (κ1) is 16.9. The summed E-state index contributed by atoms with van der Waals surface area (Å²) in [7, 11) is 0. The SMILES string of the molecule is CC(C)(C)C1NCC2(C)CN(Cc3ccccc3)CC1(C)C2O. The number of fused-ring (bicyclic) bond motifs is 2. The van der Waals surface area contributed by atoms with E-state index in [1.54, 1.807) is 0 Å². The summed E-state index contributed by atoms with van der Waals surface area (Å²) in [4.78, 5) is 2.54. The zero-order valence-electron chi connectivity index (χ0n) is 15.3. The van der Waals surface area contributed by atoms with Crippen LogP contribution < -0.4 is 5.32 Å². The minimum Gasteiger partial charge on any atom is -0.392 e. The molecular formula is C20H32N2O. The first-order valence-corrected chi connectivity index (χ1v) is 8.83. The standard InChI is InChI=1S/C20H32N2O/c1-18(2,3)16-20(5)14-22(11-15-9-7-6-8-10-15)13-19(4,12-21-16)17(20)23/h6-10,16-17,21,23H,11-14H2,1-5H3. The van der Waals surface area contributed by atoms with Gasteiger partial charge in [-0.2, -0.15) is 0 Å². The molecule has 1 aromatic carbocycles. The Morgan fingerprint density at radius 2 is 1.83 bits per heavy atom. The molecule has 2 heterocycles. The van der Waals surface area contributed by atoms with Gasteiger partial charge >= 0.3 is 0 Å². The molecular weight excluding hydrogens is 284 g/mol. The highest BCUT2D eigenvalue weighted by Crippen LogP contribution is 2.50. The molecule has 0 aliphatic carbocycles. The number of hydrogen-bond donors (Lipinski definition) is 2. The summed E-state index contributed by atoms with van der Waals surface area (Å²) in [5, 5.41) is 14.9. The molecule has 0 amide bonds. The second-order valence-electron chi connectivity index (χ2n) is 9.37. The Labute approximate surface area is 141 Å². The summed E-state index contributed by atoms with van der Waals surface area (Å²) < 4.78 is 0. The molecule has 2 aliphatic rings. The molecule has 0 aromatic heterocycles. The van der Waals surface area contributed by atoms with E-state index >= 15 is 0 Å². The largest absolute Gasteiger partial charge is 0.392 e. The molecule has 2 bridgehead atoms. The van der Waals surface area contributed by atoms with E-state index in [0.29, 0.717) is 6.04 Å². The normalized spacial score (nSPS) is 38.5. The van der Waals surface area contributed by atoms with Crippen molar-refractivity contribution in [2.45, 2.75) is 53.3 Å². The van der Waals surface area contributed by atoms with Crippen molar-refractivity contribution in [3.8, 4) is 0 Å². The topological polar surface area (TPSA) is 35.5 Å². The molecule has 23 heavy (non-hydrogen) atoms. The number of rotatable bonds is 2. The lowest BCUT2D eigenvalue weighted by Gasteiger charge is -2.63. The van der Waals surface area contributed by atoms with Gasteiger partial charge in [-0.15, -0.1) is 0 Å². The number of likely N-dealkylation sites (tertiary alicyclic amines) is 1. The number of piperidine rings is 2. The maximum absolute atomic E-state index is 11.2. The van der Waals surface area contributed by atoms with Crippen LogP contribution in [0.1, 0.15) is 40.2 Å². The van der Waals surface area contributed by atoms with Crippen molar-refractivity contribution in [1.82, 2.24) is 10.2 Å². The van der Waals surface area contributed by atoms with Crippen LogP contribution in [-0.4, -0.2) is 41.8 Å². The van der Waals surface area contributed by atoms with Gasteiger partial charge in [0.05, 0.1) is 6.10 Å². The molecule has 3 nitrogen and oxygen atoms in total. The highest BCUT2D eigenvalue weighted by molar-refractivity contribution is 5.17. The van der Waals surface area contributed by atoms with Gasteiger partial charge in [-0.1, -0.05) is 65.0 Å². The van der Waals surface area contributed by atoms with Crippen molar-refractivity contribution in [2.24, 2.45) is 16.2 Å². The molecule has 4 atom stereocenters. The highest BCUT2D eigenvalue weighted by Gasteiger charge is 2.59. The fourth-order valence-corrected chi connectivity index (χ4v) is 5.24. The number of benzene rings is 1. The third kappa shape index (κ3) is 2.95.